The summed E-state index contributed by atoms with van der Waals surface area (Å²) in [4.78, 5) is 17.8. The molecule has 0 radical (unpaired) electrons. The first-order valence-electron chi connectivity index (χ1n) is 6.89. The molecule has 1 aromatic carbocycles. The average Bonchev–Trinajstić information content (AvgIpc) is 2.97. The molecule has 0 saturated heterocycles. The van der Waals surface area contributed by atoms with Crippen molar-refractivity contribution in [3.8, 4) is 0 Å². The third kappa shape index (κ3) is 3.79. The van der Waals surface area contributed by atoms with Crippen LogP contribution in [0.25, 0.3) is 0 Å². The highest BCUT2D eigenvalue weighted by Gasteiger charge is 2.11. The van der Waals surface area contributed by atoms with Gasteiger partial charge in [-0.25, -0.2) is 4.98 Å². The zero-order valence-corrected chi connectivity index (χ0v) is 13.2. The van der Waals surface area contributed by atoms with Crippen LogP contribution in [0.5, 0.6) is 0 Å². The minimum absolute atomic E-state index is 0.00668. The van der Waals surface area contributed by atoms with E-state index in [1.807, 2.05) is 0 Å². The first-order valence-corrected chi connectivity index (χ1v) is 7.70. The molecule has 0 aliphatic carbocycles. The zero-order valence-electron chi connectivity index (χ0n) is 12.4. The Labute approximate surface area is 132 Å². The second-order valence-corrected chi connectivity index (χ2v) is 5.40. The van der Waals surface area contributed by atoms with E-state index in [0.29, 0.717) is 5.69 Å². The van der Waals surface area contributed by atoms with Crippen LogP contribution in [0.2, 0.25) is 0 Å². The van der Waals surface area contributed by atoms with Gasteiger partial charge < -0.3 is 4.90 Å². The first-order chi connectivity index (χ1) is 10.7. The normalized spacial score (nSPS) is 10.8. The molecule has 0 spiro atoms. The number of nitro benzene ring substituents is 1. The Balaban J connectivity index is 2.06. The van der Waals surface area contributed by atoms with Gasteiger partial charge in [0.2, 0.25) is 0 Å². The van der Waals surface area contributed by atoms with Crippen molar-refractivity contribution < 1.29 is 4.92 Å². The van der Waals surface area contributed by atoms with Gasteiger partial charge >= 0.3 is 0 Å². The molecule has 2 aromatic rings. The fraction of sp³-hybridized carbons (Fsp3) is 0.286. The summed E-state index contributed by atoms with van der Waals surface area (Å²) in [5.74, 6) is 0. The van der Waals surface area contributed by atoms with Crippen LogP contribution in [-0.4, -0.2) is 29.2 Å². The molecule has 8 heteroatoms. The second kappa shape index (κ2) is 7.51. The maximum Gasteiger partial charge on any atom is 0.294 e. The Bertz CT molecular complexity index is 667. The van der Waals surface area contributed by atoms with Crippen molar-refractivity contribution in [2.45, 2.75) is 13.8 Å². The van der Waals surface area contributed by atoms with Crippen LogP contribution in [0.15, 0.2) is 35.6 Å². The minimum atomic E-state index is -0.441. The molecule has 7 nitrogen and oxygen atoms in total. The fourth-order valence-corrected chi connectivity index (χ4v) is 2.78. The van der Waals surface area contributed by atoms with E-state index in [1.165, 1.54) is 17.4 Å². The van der Waals surface area contributed by atoms with Crippen LogP contribution in [0, 0.1) is 10.1 Å². The van der Waals surface area contributed by atoms with Crippen LogP contribution in [0.4, 0.5) is 16.5 Å². The number of aromatic nitrogens is 1. The number of nitrogens with one attached hydrogen (secondary N) is 1. The number of nitro groups is 1. The number of nitrogens with zero attached hydrogens (tertiary/aromatic N) is 4. The van der Waals surface area contributed by atoms with Gasteiger partial charge in [0, 0.05) is 25.4 Å². The summed E-state index contributed by atoms with van der Waals surface area (Å²) < 4.78 is 0. The van der Waals surface area contributed by atoms with Crippen LogP contribution in [0.1, 0.15) is 18.7 Å². The zero-order chi connectivity index (χ0) is 15.9. The highest BCUT2D eigenvalue weighted by Crippen LogP contribution is 2.23. The van der Waals surface area contributed by atoms with Gasteiger partial charge in [-0.3, -0.25) is 15.5 Å². The lowest BCUT2D eigenvalue weighted by molar-refractivity contribution is -0.384. The molecule has 0 atom stereocenters. The van der Waals surface area contributed by atoms with Crippen LogP contribution in [-0.2, 0) is 0 Å². The highest BCUT2D eigenvalue weighted by molar-refractivity contribution is 7.17. The molecule has 0 fully saturated rings. The van der Waals surface area contributed by atoms with E-state index < -0.39 is 4.92 Å². The number of hydrazone groups is 1. The molecular weight excluding hydrogens is 302 g/mol. The Hall–Kier alpha value is -2.48. The Morgan fingerprint density at radius 2 is 2.14 bits per heavy atom. The second-order valence-electron chi connectivity index (χ2n) is 4.36. The average molecular weight is 319 g/mol. The van der Waals surface area contributed by atoms with Crippen molar-refractivity contribution in [1.29, 1.82) is 0 Å². The number of rotatable bonds is 7. The molecule has 0 unspecified atom stereocenters. The lowest BCUT2D eigenvalue weighted by atomic mass is 10.3. The number of hydrogen-bond acceptors (Lipinski definition) is 7. The molecule has 116 valence electrons. The van der Waals surface area contributed by atoms with Crippen LogP contribution >= 0.6 is 11.3 Å². The van der Waals surface area contributed by atoms with E-state index in [4.69, 9.17) is 0 Å². The summed E-state index contributed by atoms with van der Waals surface area (Å²) in [6.07, 6.45) is 3.35. The van der Waals surface area contributed by atoms with E-state index in [0.717, 1.165) is 23.1 Å². The molecule has 1 heterocycles. The van der Waals surface area contributed by atoms with Crippen LogP contribution < -0.4 is 10.3 Å². The minimum Gasteiger partial charge on any atom is -0.349 e. The van der Waals surface area contributed by atoms with Gasteiger partial charge in [0.05, 0.1) is 16.0 Å². The molecule has 0 aliphatic rings. The molecule has 1 N–H and O–H groups in total. The summed E-state index contributed by atoms with van der Waals surface area (Å²) in [7, 11) is 0. The highest BCUT2D eigenvalue weighted by atomic mass is 32.1. The van der Waals surface area contributed by atoms with Crippen molar-refractivity contribution in [2.24, 2.45) is 5.10 Å². The SMILES string of the molecule is CCN(CC)c1ncc(C=NNc2ccccc2[N+](=O)[O-])s1. The lowest BCUT2D eigenvalue weighted by Gasteiger charge is -2.16. The number of para-hydroxylation sites is 2. The summed E-state index contributed by atoms with van der Waals surface area (Å²) >= 11 is 1.53. The summed E-state index contributed by atoms with van der Waals surface area (Å²) in [6, 6.07) is 6.38. The monoisotopic (exact) mass is 319 g/mol. The molecule has 22 heavy (non-hydrogen) atoms. The van der Waals surface area contributed by atoms with Crippen molar-refractivity contribution in [1.82, 2.24) is 4.98 Å². The maximum atomic E-state index is 10.9. The van der Waals surface area contributed by atoms with Crippen molar-refractivity contribution in [3.05, 3.63) is 45.5 Å². The van der Waals surface area contributed by atoms with Gasteiger partial charge in [-0.05, 0) is 19.9 Å². The molecule has 0 aliphatic heterocycles. The summed E-state index contributed by atoms with van der Waals surface area (Å²) in [5.41, 5.74) is 3.05. The van der Waals surface area contributed by atoms with Gasteiger partial charge in [-0.2, -0.15) is 5.10 Å². The predicted molar refractivity (Wildman–Crippen MR) is 90.0 cm³/mol. The fourth-order valence-electron chi connectivity index (χ4n) is 1.87. The third-order valence-electron chi connectivity index (χ3n) is 3.02. The van der Waals surface area contributed by atoms with Gasteiger partial charge in [-0.1, -0.05) is 23.5 Å². The predicted octanol–water partition coefficient (Wildman–Crippen LogP) is 3.34. The number of hydrogen-bond donors (Lipinski definition) is 1. The maximum absolute atomic E-state index is 10.9. The van der Waals surface area contributed by atoms with Crippen molar-refractivity contribution in [2.75, 3.05) is 23.4 Å². The van der Waals surface area contributed by atoms with E-state index in [-0.39, 0.29) is 5.69 Å². The molecule has 1 aromatic heterocycles. The molecule has 2 rings (SSSR count). The molecule has 0 amide bonds. The Morgan fingerprint density at radius 1 is 1.41 bits per heavy atom. The van der Waals surface area contributed by atoms with E-state index in [2.05, 4.69) is 34.3 Å². The molecule has 0 saturated carbocycles. The lowest BCUT2D eigenvalue weighted by Crippen LogP contribution is -2.21. The number of anilines is 2. The van der Waals surface area contributed by atoms with Gasteiger partial charge in [0.15, 0.2) is 5.13 Å². The van der Waals surface area contributed by atoms with Gasteiger partial charge in [0.1, 0.15) is 5.69 Å². The smallest absolute Gasteiger partial charge is 0.294 e. The van der Waals surface area contributed by atoms with Gasteiger partial charge in [0.25, 0.3) is 5.69 Å². The Morgan fingerprint density at radius 3 is 2.82 bits per heavy atom. The first kappa shape index (κ1) is 15.9. The molecule has 0 bridgehead atoms. The Kier molecular flexibility index (Phi) is 5.42. The van der Waals surface area contributed by atoms with E-state index in [1.54, 1.807) is 30.6 Å². The van der Waals surface area contributed by atoms with E-state index >= 15 is 0 Å². The van der Waals surface area contributed by atoms with Crippen molar-refractivity contribution >= 4 is 34.1 Å². The number of benzene rings is 1. The summed E-state index contributed by atoms with van der Waals surface area (Å²) in [6.45, 7) is 5.95. The van der Waals surface area contributed by atoms with Gasteiger partial charge in [-0.15, -0.1) is 0 Å². The van der Waals surface area contributed by atoms with Crippen molar-refractivity contribution in [3.63, 3.8) is 0 Å². The molecular formula is C14H17N5O2S. The third-order valence-corrected chi connectivity index (χ3v) is 4.02. The topological polar surface area (TPSA) is 83.7 Å². The number of thiazole rings is 1. The summed E-state index contributed by atoms with van der Waals surface area (Å²) in [5, 5.41) is 15.9. The standard InChI is InChI=1S/C14H17N5O2S/c1-3-18(4-2)14-15-9-11(22-14)10-16-17-12-7-5-6-8-13(12)19(20)21/h5-10,17H,3-4H2,1-2H3. The van der Waals surface area contributed by atoms with Crippen LogP contribution in [0.3, 0.4) is 0 Å². The largest absolute Gasteiger partial charge is 0.349 e. The quantitative estimate of drug-likeness (QED) is 0.481. The van der Waals surface area contributed by atoms with E-state index in [9.17, 15) is 10.1 Å².